The molecule has 0 aromatic carbocycles. The first kappa shape index (κ1) is 15.7. The number of methoxy groups -OCH3 is 1. The van der Waals surface area contributed by atoms with E-state index in [2.05, 4.69) is 14.7 Å². The fourth-order valence-electron chi connectivity index (χ4n) is 1.73. The number of aromatic nitrogens is 2. The molecule has 114 valence electrons. The third-order valence-electron chi connectivity index (χ3n) is 2.63. The number of rotatable bonds is 5. The number of nitrogens with zero attached hydrogens (tertiary/aromatic N) is 2. The number of hydrogen-bond donors (Lipinski definition) is 2. The fraction of sp³-hybridized carbons (Fsp3) is 0.333. The van der Waals surface area contributed by atoms with Crippen molar-refractivity contribution in [1.82, 2.24) is 9.97 Å². The van der Waals surface area contributed by atoms with Gasteiger partial charge in [-0.3, -0.25) is 0 Å². The van der Waals surface area contributed by atoms with E-state index in [1.54, 1.807) is 19.9 Å². The van der Waals surface area contributed by atoms with E-state index in [1.807, 2.05) is 0 Å². The molecule has 0 aliphatic rings. The molecule has 21 heavy (non-hydrogen) atoms. The zero-order chi connectivity index (χ0) is 15.6. The zero-order valence-electron chi connectivity index (χ0n) is 11.7. The van der Waals surface area contributed by atoms with Gasteiger partial charge in [-0.2, -0.15) is 4.98 Å². The van der Waals surface area contributed by atoms with Crippen LogP contribution in [0.2, 0.25) is 0 Å². The van der Waals surface area contributed by atoms with Gasteiger partial charge < -0.3 is 9.84 Å². The van der Waals surface area contributed by atoms with Crippen molar-refractivity contribution in [3.05, 3.63) is 27.6 Å². The zero-order valence-corrected chi connectivity index (χ0v) is 13.4. The van der Waals surface area contributed by atoms with E-state index in [0.717, 1.165) is 0 Å². The lowest BCUT2D eigenvalue weighted by atomic mass is 10.4. The summed E-state index contributed by atoms with van der Waals surface area (Å²) in [6.45, 7) is 3.19. The normalized spacial score (nSPS) is 11.4. The first-order chi connectivity index (χ1) is 9.85. The molecule has 0 aliphatic heterocycles. The van der Waals surface area contributed by atoms with Crippen LogP contribution < -0.4 is 9.46 Å². The number of anilines is 1. The van der Waals surface area contributed by atoms with Gasteiger partial charge in [-0.05, 0) is 19.9 Å². The molecule has 2 rings (SSSR count). The van der Waals surface area contributed by atoms with Crippen molar-refractivity contribution in [3.8, 4) is 5.88 Å². The molecule has 0 saturated heterocycles. The van der Waals surface area contributed by atoms with E-state index in [-0.39, 0.29) is 23.3 Å². The van der Waals surface area contributed by atoms with Crippen LogP contribution in [0.3, 0.4) is 0 Å². The highest BCUT2D eigenvalue weighted by atomic mass is 32.2. The highest BCUT2D eigenvalue weighted by molar-refractivity contribution is 7.92. The Labute approximate surface area is 126 Å². The summed E-state index contributed by atoms with van der Waals surface area (Å²) in [5, 5.41) is 9.09. The predicted molar refractivity (Wildman–Crippen MR) is 79.1 cm³/mol. The maximum Gasteiger partial charge on any atom is 0.265 e. The third kappa shape index (κ3) is 3.49. The predicted octanol–water partition coefficient (Wildman–Crippen LogP) is 1.46. The minimum atomic E-state index is -3.81. The summed E-state index contributed by atoms with van der Waals surface area (Å²) in [5.74, 6) is 0.223. The van der Waals surface area contributed by atoms with Crippen molar-refractivity contribution in [1.29, 1.82) is 0 Å². The molecule has 2 N–H and O–H groups in total. The van der Waals surface area contributed by atoms with Gasteiger partial charge in [0.15, 0.2) is 0 Å². The van der Waals surface area contributed by atoms with Gasteiger partial charge in [0.2, 0.25) is 11.8 Å². The van der Waals surface area contributed by atoms with Gasteiger partial charge in [0, 0.05) is 21.5 Å². The second-order valence-corrected chi connectivity index (χ2v) is 7.26. The summed E-state index contributed by atoms with van der Waals surface area (Å²) in [6, 6.07) is 3.03. The Hall–Kier alpha value is -1.71. The van der Waals surface area contributed by atoms with Crippen LogP contribution in [0.15, 0.2) is 17.0 Å². The maximum atomic E-state index is 12.4. The molecule has 2 heterocycles. The van der Waals surface area contributed by atoms with Crippen LogP contribution in [-0.4, -0.2) is 30.6 Å². The second-order valence-electron chi connectivity index (χ2n) is 4.27. The van der Waals surface area contributed by atoms with Crippen molar-refractivity contribution >= 4 is 27.3 Å². The topological polar surface area (TPSA) is 101 Å². The standard InChI is InChI=1S/C12H15N3O4S2/c1-7-4-11(19-3)14-12(13-7)15-21(17,18)10-5-9(6-16)20-8(10)2/h4-5,16H,6H2,1-3H3,(H,13,14,15). The molecule has 0 aliphatic carbocycles. The Balaban J connectivity index is 2.37. The van der Waals surface area contributed by atoms with Crippen LogP contribution in [0.5, 0.6) is 5.88 Å². The molecule has 0 amide bonds. The van der Waals surface area contributed by atoms with Gasteiger partial charge in [-0.15, -0.1) is 11.3 Å². The monoisotopic (exact) mass is 329 g/mol. The van der Waals surface area contributed by atoms with E-state index in [9.17, 15) is 8.42 Å². The Morgan fingerprint density at radius 3 is 2.62 bits per heavy atom. The van der Waals surface area contributed by atoms with E-state index >= 15 is 0 Å². The highest BCUT2D eigenvalue weighted by Crippen LogP contribution is 2.27. The highest BCUT2D eigenvalue weighted by Gasteiger charge is 2.21. The third-order valence-corrected chi connectivity index (χ3v) is 5.25. The molecule has 0 atom stereocenters. The van der Waals surface area contributed by atoms with E-state index in [0.29, 0.717) is 15.4 Å². The molecule has 0 unspecified atom stereocenters. The Kier molecular flexibility index (Phi) is 4.45. The Bertz CT molecular complexity index is 756. The Morgan fingerprint density at radius 1 is 1.33 bits per heavy atom. The number of aliphatic hydroxyl groups excluding tert-OH is 1. The van der Waals surface area contributed by atoms with Gasteiger partial charge in [-0.25, -0.2) is 18.1 Å². The van der Waals surface area contributed by atoms with Gasteiger partial charge in [0.05, 0.1) is 13.7 Å². The first-order valence-electron chi connectivity index (χ1n) is 5.98. The average molecular weight is 329 g/mol. The molecule has 0 radical (unpaired) electrons. The summed E-state index contributed by atoms with van der Waals surface area (Å²) in [5.41, 5.74) is 0.581. The maximum absolute atomic E-state index is 12.4. The van der Waals surface area contributed by atoms with Crippen LogP contribution in [0, 0.1) is 13.8 Å². The second kappa shape index (κ2) is 5.96. The molecule has 0 saturated carbocycles. The molecule has 7 nitrogen and oxygen atoms in total. The summed E-state index contributed by atoms with van der Waals surface area (Å²) in [4.78, 5) is 9.25. The number of ether oxygens (including phenoxy) is 1. The van der Waals surface area contributed by atoms with E-state index in [4.69, 9.17) is 9.84 Å². The molecule has 0 spiro atoms. The number of nitrogens with one attached hydrogen (secondary N) is 1. The van der Waals surface area contributed by atoms with Crippen LogP contribution in [0.1, 0.15) is 15.4 Å². The Morgan fingerprint density at radius 2 is 2.05 bits per heavy atom. The lowest BCUT2D eigenvalue weighted by molar-refractivity contribution is 0.285. The number of thiophene rings is 1. The van der Waals surface area contributed by atoms with Crippen LogP contribution in [-0.2, 0) is 16.6 Å². The lowest BCUT2D eigenvalue weighted by Crippen LogP contribution is -2.15. The summed E-state index contributed by atoms with van der Waals surface area (Å²) in [7, 11) is -2.37. The van der Waals surface area contributed by atoms with Crippen molar-refractivity contribution in [2.45, 2.75) is 25.3 Å². The van der Waals surface area contributed by atoms with Gasteiger partial charge in [0.25, 0.3) is 10.0 Å². The van der Waals surface area contributed by atoms with E-state index in [1.165, 1.54) is 24.5 Å². The molecule has 0 fully saturated rings. The largest absolute Gasteiger partial charge is 0.481 e. The summed E-state index contributed by atoms with van der Waals surface area (Å²) in [6.07, 6.45) is 0. The summed E-state index contributed by atoms with van der Waals surface area (Å²) >= 11 is 1.23. The number of aryl methyl sites for hydroxylation is 2. The quantitative estimate of drug-likeness (QED) is 0.861. The molecular formula is C12H15N3O4S2. The van der Waals surface area contributed by atoms with Gasteiger partial charge in [-0.1, -0.05) is 0 Å². The minimum absolute atomic E-state index is 0.0528. The van der Waals surface area contributed by atoms with Crippen LogP contribution >= 0.6 is 11.3 Å². The molecule has 2 aromatic heterocycles. The van der Waals surface area contributed by atoms with Crippen LogP contribution in [0.25, 0.3) is 0 Å². The minimum Gasteiger partial charge on any atom is -0.481 e. The van der Waals surface area contributed by atoms with E-state index < -0.39 is 10.0 Å². The number of sulfonamides is 1. The van der Waals surface area contributed by atoms with Gasteiger partial charge in [0.1, 0.15) is 4.90 Å². The molecule has 2 aromatic rings. The van der Waals surface area contributed by atoms with Crippen molar-refractivity contribution in [2.24, 2.45) is 0 Å². The van der Waals surface area contributed by atoms with Crippen molar-refractivity contribution in [3.63, 3.8) is 0 Å². The lowest BCUT2D eigenvalue weighted by Gasteiger charge is -2.08. The molecule has 9 heteroatoms. The molecule has 0 bridgehead atoms. The molecular weight excluding hydrogens is 314 g/mol. The average Bonchev–Trinajstić information content (AvgIpc) is 2.79. The SMILES string of the molecule is COc1cc(C)nc(NS(=O)(=O)c2cc(CO)sc2C)n1. The number of aliphatic hydroxyl groups is 1. The van der Waals surface area contributed by atoms with Crippen LogP contribution in [0.4, 0.5) is 5.95 Å². The van der Waals surface area contributed by atoms with Crippen molar-refractivity contribution < 1.29 is 18.3 Å². The smallest absolute Gasteiger partial charge is 0.265 e. The number of hydrogen-bond acceptors (Lipinski definition) is 7. The fourth-order valence-corrected chi connectivity index (χ4v) is 4.17. The summed E-state index contributed by atoms with van der Waals surface area (Å²) < 4.78 is 32.0. The first-order valence-corrected chi connectivity index (χ1v) is 8.28. The van der Waals surface area contributed by atoms with Crippen molar-refractivity contribution in [2.75, 3.05) is 11.8 Å². The van der Waals surface area contributed by atoms with Gasteiger partial charge >= 0.3 is 0 Å².